The minimum Gasteiger partial charge on any atom is -0.492 e. The Kier molecular flexibility index (Phi) is 8.27. The van der Waals surface area contributed by atoms with Gasteiger partial charge in [-0.1, -0.05) is 57.9 Å². The molecule has 0 aromatic heterocycles. The van der Waals surface area contributed by atoms with Gasteiger partial charge in [0.25, 0.3) is 0 Å². The Morgan fingerprint density at radius 3 is 2.51 bits per heavy atom. The maximum Gasteiger partial charge on any atom is 0.307 e. The first kappa shape index (κ1) is 28.0. The van der Waals surface area contributed by atoms with E-state index in [-0.39, 0.29) is 11.4 Å². The number of nitrogens with zero attached hydrogens (tertiary/aromatic N) is 1. The van der Waals surface area contributed by atoms with E-state index in [1.165, 1.54) is 5.56 Å². The average molecular weight is 613 g/mol. The summed E-state index contributed by atoms with van der Waals surface area (Å²) in [6.07, 6.45) is 2.46. The Labute approximate surface area is 244 Å². The van der Waals surface area contributed by atoms with Gasteiger partial charge in [-0.3, -0.25) is 4.79 Å². The van der Waals surface area contributed by atoms with E-state index >= 15 is 0 Å². The summed E-state index contributed by atoms with van der Waals surface area (Å²) in [7, 11) is 0. The molecular weight excluding hydrogens is 578 g/mol. The zero-order valence-electron chi connectivity index (χ0n) is 22.8. The fourth-order valence-electron chi connectivity index (χ4n) is 5.37. The van der Waals surface area contributed by atoms with Crippen molar-refractivity contribution in [2.24, 2.45) is 0 Å². The van der Waals surface area contributed by atoms with E-state index in [1.54, 1.807) is 0 Å². The summed E-state index contributed by atoms with van der Waals surface area (Å²) >= 11 is 9.91. The van der Waals surface area contributed by atoms with Crippen molar-refractivity contribution in [3.8, 4) is 22.6 Å². The normalized spacial score (nSPS) is 16.5. The zero-order chi connectivity index (χ0) is 27.6. The van der Waals surface area contributed by atoms with Gasteiger partial charge in [-0.25, -0.2) is 0 Å². The number of esters is 1. The molecule has 39 heavy (non-hydrogen) atoms. The number of carbonyl (C=O) groups is 1. The van der Waals surface area contributed by atoms with Crippen LogP contribution in [0.2, 0.25) is 5.02 Å². The molecule has 5 nitrogen and oxygen atoms in total. The van der Waals surface area contributed by atoms with E-state index in [1.807, 2.05) is 45.0 Å². The van der Waals surface area contributed by atoms with E-state index in [4.69, 9.17) is 25.8 Å². The molecule has 1 spiro atoms. The van der Waals surface area contributed by atoms with Crippen LogP contribution in [0, 0.1) is 0 Å². The Morgan fingerprint density at radius 2 is 1.79 bits per heavy atom. The molecule has 0 N–H and O–H groups in total. The van der Waals surface area contributed by atoms with Gasteiger partial charge in [0, 0.05) is 38.6 Å². The molecule has 0 bridgehead atoms. The lowest BCUT2D eigenvalue weighted by atomic mass is 9.74. The third kappa shape index (κ3) is 6.79. The highest BCUT2D eigenvalue weighted by molar-refractivity contribution is 9.10. The highest BCUT2D eigenvalue weighted by atomic mass is 79.9. The van der Waals surface area contributed by atoms with Crippen molar-refractivity contribution >= 4 is 33.5 Å². The van der Waals surface area contributed by atoms with Crippen molar-refractivity contribution in [1.82, 2.24) is 4.90 Å². The highest BCUT2D eigenvalue weighted by Crippen LogP contribution is 2.46. The van der Waals surface area contributed by atoms with Crippen LogP contribution in [-0.4, -0.2) is 42.7 Å². The largest absolute Gasteiger partial charge is 0.492 e. The summed E-state index contributed by atoms with van der Waals surface area (Å²) in [4.78, 5) is 14.5. The number of rotatable bonds is 7. The van der Waals surface area contributed by atoms with Crippen molar-refractivity contribution in [2.45, 2.75) is 57.7 Å². The quantitative estimate of drug-likeness (QED) is 0.255. The van der Waals surface area contributed by atoms with Crippen LogP contribution in [0.25, 0.3) is 11.1 Å². The van der Waals surface area contributed by atoms with E-state index in [0.29, 0.717) is 19.6 Å². The lowest BCUT2D eigenvalue weighted by Crippen LogP contribution is -2.44. The van der Waals surface area contributed by atoms with Gasteiger partial charge >= 0.3 is 5.97 Å². The number of halogens is 2. The maximum absolute atomic E-state index is 12.1. The molecule has 3 aromatic carbocycles. The minimum absolute atomic E-state index is 0.0415. The van der Waals surface area contributed by atoms with Crippen molar-refractivity contribution in [3.05, 3.63) is 81.3 Å². The molecule has 206 valence electrons. The molecule has 5 rings (SSSR count). The molecule has 0 saturated carbocycles. The van der Waals surface area contributed by atoms with Gasteiger partial charge in [0.15, 0.2) is 0 Å². The SMILES string of the molecule is CC(C)(C)OC(=O)CCN1CCC2(CC1)COc1cc(OCc3ccc(-c4cc(Br)ccc4Cl)cc3)ccc12. The maximum atomic E-state index is 12.1. The van der Waals surface area contributed by atoms with Gasteiger partial charge < -0.3 is 19.1 Å². The Bertz CT molecular complexity index is 1330. The van der Waals surface area contributed by atoms with Gasteiger partial charge in [0.2, 0.25) is 0 Å². The van der Waals surface area contributed by atoms with Gasteiger partial charge in [0.05, 0.1) is 13.0 Å². The standard InChI is InChI=1S/C32H35BrClNO4/c1-31(2,3)39-30(36)12-15-35-16-13-32(14-17-35)21-38-29-19-25(9-10-27(29)32)37-20-22-4-6-23(7-5-22)26-18-24(33)8-11-28(26)34/h4-11,18-19H,12-17,20-21H2,1-3H3. The Hall–Kier alpha value is -2.54. The summed E-state index contributed by atoms with van der Waals surface area (Å²) in [6.45, 7) is 9.53. The van der Waals surface area contributed by atoms with Crippen LogP contribution in [0.3, 0.4) is 0 Å². The van der Waals surface area contributed by atoms with Gasteiger partial charge in [-0.2, -0.15) is 0 Å². The first-order chi connectivity index (χ1) is 18.6. The Balaban J connectivity index is 1.15. The van der Waals surface area contributed by atoms with Gasteiger partial charge in [0.1, 0.15) is 23.7 Å². The van der Waals surface area contributed by atoms with Crippen LogP contribution in [0.1, 0.15) is 51.2 Å². The first-order valence-corrected chi connectivity index (χ1v) is 14.7. The molecule has 0 unspecified atom stereocenters. The molecule has 3 aromatic rings. The number of hydrogen-bond donors (Lipinski definition) is 0. The summed E-state index contributed by atoms with van der Waals surface area (Å²) in [5.74, 6) is 1.60. The predicted molar refractivity (Wildman–Crippen MR) is 159 cm³/mol. The second kappa shape index (κ2) is 11.5. The number of benzene rings is 3. The highest BCUT2D eigenvalue weighted by Gasteiger charge is 2.43. The van der Waals surface area contributed by atoms with Crippen molar-refractivity contribution in [2.75, 3.05) is 26.2 Å². The molecule has 2 aliphatic heterocycles. The van der Waals surface area contributed by atoms with Crippen LogP contribution in [-0.2, 0) is 21.6 Å². The third-order valence-electron chi connectivity index (χ3n) is 7.49. The Morgan fingerprint density at radius 1 is 1.05 bits per heavy atom. The fraction of sp³-hybridized carbons (Fsp3) is 0.406. The summed E-state index contributed by atoms with van der Waals surface area (Å²) in [6, 6.07) is 20.4. The number of carbonyl (C=O) groups excluding carboxylic acids is 1. The number of likely N-dealkylation sites (tertiary alicyclic amines) is 1. The van der Waals surface area contributed by atoms with E-state index < -0.39 is 5.60 Å². The third-order valence-corrected chi connectivity index (χ3v) is 8.32. The molecule has 0 aliphatic carbocycles. The van der Waals surface area contributed by atoms with E-state index in [9.17, 15) is 4.79 Å². The van der Waals surface area contributed by atoms with Gasteiger partial charge in [-0.05, 0) is 82.1 Å². The smallest absolute Gasteiger partial charge is 0.307 e. The second-order valence-corrected chi connectivity index (χ2v) is 12.8. The molecule has 2 aliphatic rings. The lowest BCUT2D eigenvalue weighted by Gasteiger charge is -2.38. The first-order valence-electron chi connectivity index (χ1n) is 13.5. The lowest BCUT2D eigenvalue weighted by molar-refractivity contribution is -0.155. The van der Waals surface area contributed by atoms with Crippen LogP contribution >= 0.6 is 27.5 Å². The zero-order valence-corrected chi connectivity index (χ0v) is 25.1. The van der Waals surface area contributed by atoms with Crippen LogP contribution in [0.15, 0.2) is 65.1 Å². The summed E-state index contributed by atoms with van der Waals surface area (Å²) in [5.41, 5.74) is 4.03. The van der Waals surface area contributed by atoms with Crippen LogP contribution < -0.4 is 9.47 Å². The fourth-order valence-corrected chi connectivity index (χ4v) is 5.96. The molecule has 2 heterocycles. The van der Waals surface area contributed by atoms with Crippen molar-refractivity contribution in [1.29, 1.82) is 0 Å². The number of piperidine rings is 1. The summed E-state index contributed by atoms with van der Waals surface area (Å²) in [5, 5.41) is 0.726. The van der Waals surface area contributed by atoms with Crippen molar-refractivity contribution in [3.63, 3.8) is 0 Å². The van der Waals surface area contributed by atoms with Crippen molar-refractivity contribution < 1.29 is 19.0 Å². The number of ether oxygens (including phenoxy) is 3. The van der Waals surface area contributed by atoms with E-state index in [0.717, 1.165) is 70.2 Å². The van der Waals surface area contributed by atoms with Crippen LogP contribution in [0.5, 0.6) is 11.5 Å². The molecular formula is C32H35BrClNO4. The average Bonchev–Trinajstić information content (AvgIpc) is 3.25. The minimum atomic E-state index is -0.434. The monoisotopic (exact) mass is 611 g/mol. The van der Waals surface area contributed by atoms with E-state index in [2.05, 4.69) is 57.2 Å². The topological polar surface area (TPSA) is 48.0 Å². The molecule has 0 radical (unpaired) electrons. The van der Waals surface area contributed by atoms with Crippen LogP contribution in [0.4, 0.5) is 0 Å². The molecule has 0 amide bonds. The second-order valence-electron chi connectivity index (χ2n) is 11.5. The molecule has 7 heteroatoms. The number of fused-ring (bicyclic) bond motifs is 2. The predicted octanol–water partition coefficient (Wildman–Crippen LogP) is 7.81. The molecule has 1 fully saturated rings. The number of hydrogen-bond acceptors (Lipinski definition) is 5. The summed E-state index contributed by atoms with van der Waals surface area (Å²) < 4.78 is 18.7. The molecule has 0 atom stereocenters. The van der Waals surface area contributed by atoms with Gasteiger partial charge in [-0.15, -0.1) is 0 Å². The molecule has 1 saturated heterocycles.